The Hall–Kier alpha value is -2.68. The number of halogens is 1. The van der Waals surface area contributed by atoms with Gasteiger partial charge in [0, 0.05) is 26.0 Å². The van der Waals surface area contributed by atoms with Crippen LogP contribution in [0.15, 0.2) is 63.2 Å². The molecule has 1 heterocycles. The van der Waals surface area contributed by atoms with Gasteiger partial charge in [0.2, 0.25) is 10.0 Å². The molecular formula is C19H19ClN4O3S. The van der Waals surface area contributed by atoms with Crippen LogP contribution in [0.5, 0.6) is 0 Å². The number of sulfonamides is 1. The first kappa shape index (κ1) is 20.1. The normalized spacial score (nSPS) is 12.2. The highest BCUT2D eigenvalue weighted by molar-refractivity contribution is 7.89. The molecule has 7 nitrogen and oxygen atoms in total. The predicted octanol–water partition coefficient (Wildman–Crippen LogP) is 3.13. The van der Waals surface area contributed by atoms with Gasteiger partial charge in [-0.2, -0.15) is 0 Å². The van der Waals surface area contributed by atoms with Crippen LogP contribution in [-0.4, -0.2) is 42.8 Å². The maximum absolute atomic E-state index is 12.7. The number of nitrogens with one attached hydrogen (secondary N) is 1. The van der Waals surface area contributed by atoms with Crippen LogP contribution in [0.1, 0.15) is 11.3 Å². The number of H-pyrrole nitrogens is 1. The first-order valence-corrected chi connectivity index (χ1v) is 10.2. The minimum absolute atomic E-state index is 0.0405. The molecule has 0 aliphatic carbocycles. The molecule has 1 aromatic heterocycles. The zero-order valence-electron chi connectivity index (χ0n) is 15.5. The summed E-state index contributed by atoms with van der Waals surface area (Å²) in [6.45, 7) is 1.77. The van der Waals surface area contributed by atoms with Crippen LogP contribution < -0.4 is 5.56 Å². The molecule has 0 aliphatic heterocycles. The summed E-state index contributed by atoms with van der Waals surface area (Å²) in [5.74, 6) is 0. The Kier molecular flexibility index (Phi) is 5.55. The molecule has 1 N–H and O–H groups in total. The molecule has 0 aliphatic rings. The number of aromatic amines is 1. The van der Waals surface area contributed by atoms with Crippen LogP contribution in [0.4, 0.5) is 5.69 Å². The first-order chi connectivity index (χ1) is 13.2. The molecule has 0 amide bonds. The summed E-state index contributed by atoms with van der Waals surface area (Å²) in [5.41, 5.74) is 1.86. The molecule has 28 heavy (non-hydrogen) atoms. The van der Waals surface area contributed by atoms with Crippen molar-refractivity contribution in [3.8, 4) is 5.69 Å². The van der Waals surface area contributed by atoms with E-state index in [0.29, 0.717) is 22.6 Å². The van der Waals surface area contributed by atoms with Gasteiger partial charge in [0.15, 0.2) is 0 Å². The van der Waals surface area contributed by atoms with Crippen LogP contribution in [0.25, 0.3) is 5.69 Å². The lowest BCUT2D eigenvalue weighted by molar-refractivity contribution is 0.521. The fraction of sp³-hybridized carbons (Fsp3) is 0.158. The molecule has 2 aromatic carbocycles. The lowest BCUT2D eigenvalue weighted by atomic mass is 10.2. The Morgan fingerprint density at radius 1 is 1.14 bits per heavy atom. The SMILES string of the molecule is Cc1[nH]n(-c2ccccc2)c(=O)c1C=Nc1ccc(Cl)c(S(=O)(=O)N(C)C)c1. The summed E-state index contributed by atoms with van der Waals surface area (Å²) in [6.07, 6.45) is 1.42. The number of aliphatic imine (C=N–C) groups is 1. The van der Waals surface area contributed by atoms with Crippen LogP contribution in [0.2, 0.25) is 5.02 Å². The third-order valence-corrected chi connectivity index (χ3v) is 6.44. The molecule has 146 valence electrons. The Labute approximate surface area is 167 Å². The molecule has 0 spiro atoms. The maximum atomic E-state index is 12.7. The zero-order valence-corrected chi connectivity index (χ0v) is 17.1. The minimum atomic E-state index is -3.71. The average Bonchev–Trinajstić information content (AvgIpc) is 2.95. The number of para-hydroxylation sites is 1. The van der Waals surface area contributed by atoms with E-state index in [0.717, 1.165) is 4.31 Å². The van der Waals surface area contributed by atoms with Crippen LogP contribution in [0, 0.1) is 6.92 Å². The second-order valence-corrected chi connectivity index (χ2v) is 8.81. The lowest BCUT2D eigenvalue weighted by Crippen LogP contribution is -2.22. The van der Waals surface area contributed by atoms with Gasteiger partial charge < -0.3 is 0 Å². The number of nitrogens with zero attached hydrogens (tertiary/aromatic N) is 3. The second kappa shape index (κ2) is 7.75. The molecule has 0 fully saturated rings. The Morgan fingerprint density at radius 3 is 2.46 bits per heavy atom. The highest BCUT2D eigenvalue weighted by Gasteiger charge is 2.21. The highest BCUT2D eigenvalue weighted by atomic mass is 35.5. The summed E-state index contributed by atoms with van der Waals surface area (Å²) >= 11 is 6.05. The molecule has 3 rings (SSSR count). The van der Waals surface area contributed by atoms with Gasteiger partial charge in [-0.15, -0.1) is 0 Å². The molecule has 0 unspecified atom stereocenters. The number of rotatable bonds is 5. The fourth-order valence-electron chi connectivity index (χ4n) is 2.58. The molecule has 0 saturated carbocycles. The summed E-state index contributed by atoms with van der Waals surface area (Å²) in [4.78, 5) is 16.9. The van der Waals surface area contributed by atoms with Gasteiger partial charge in [-0.3, -0.25) is 14.9 Å². The van der Waals surface area contributed by atoms with E-state index in [2.05, 4.69) is 10.1 Å². The third kappa shape index (κ3) is 3.80. The van der Waals surface area contributed by atoms with Crippen LogP contribution in [-0.2, 0) is 10.0 Å². The summed E-state index contributed by atoms with van der Waals surface area (Å²) in [7, 11) is -0.851. The highest BCUT2D eigenvalue weighted by Crippen LogP contribution is 2.28. The number of aryl methyl sites for hydroxylation is 1. The molecule has 9 heteroatoms. The van der Waals surface area contributed by atoms with Gasteiger partial charge >= 0.3 is 0 Å². The van der Waals surface area contributed by atoms with Crippen molar-refractivity contribution in [2.75, 3.05) is 14.1 Å². The molecule has 0 bridgehead atoms. The van der Waals surface area contributed by atoms with Gasteiger partial charge in [0.1, 0.15) is 4.90 Å². The van der Waals surface area contributed by atoms with Crippen molar-refractivity contribution in [1.29, 1.82) is 0 Å². The third-order valence-electron chi connectivity index (χ3n) is 4.15. The fourth-order valence-corrected chi connectivity index (χ4v) is 3.96. The molecule has 0 saturated heterocycles. The Morgan fingerprint density at radius 2 is 1.82 bits per heavy atom. The minimum Gasteiger partial charge on any atom is -0.295 e. The second-order valence-electron chi connectivity index (χ2n) is 6.29. The summed E-state index contributed by atoms with van der Waals surface area (Å²) < 4.78 is 27.3. The van der Waals surface area contributed by atoms with Gasteiger partial charge in [0.05, 0.1) is 22.0 Å². The number of hydrogen-bond donors (Lipinski definition) is 1. The number of hydrogen-bond acceptors (Lipinski definition) is 4. The van der Waals surface area contributed by atoms with Crippen molar-refractivity contribution in [2.24, 2.45) is 4.99 Å². The van der Waals surface area contributed by atoms with E-state index < -0.39 is 10.0 Å². The van der Waals surface area contributed by atoms with Crippen molar-refractivity contribution < 1.29 is 8.42 Å². The molecule has 0 atom stereocenters. The van der Waals surface area contributed by atoms with E-state index in [4.69, 9.17) is 11.6 Å². The summed E-state index contributed by atoms with van der Waals surface area (Å²) in [6, 6.07) is 13.6. The molecular weight excluding hydrogens is 400 g/mol. The van der Waals surface area contributed by atoms with Crippen LogP contribution >= 0.6 is 11.6 Å². The van der Waals surface area contributed by atoms with Gasteiger partial charge in [0.25, 0.3) is 5.56 Å². The van der Waals surface area contributed by atoms with Crippen molar-refractivity contribution >= 4 is 33.5 Å². The van der Waals surface area contributed by atoms with Crippen molar-refractivity contribution in [1.82, 2.24) is 14.1 Å². The van der Waals surface area contributed by atoms with Crippen LogP contribution in [0.3, 0.4) is 0 Å². The van der Waals surface area contributed by atoms with E-state index in [1.807, 2.05) is 30.3 Å². The number of aromatic nitrogens is 2. The topological polar surface area (TPSA) is 87.5 Å². The first-order valence-electron chi connectivity index (χ1n) is 8.35. The Balaban J connectivity index is 2.00. The largest absolute Gasteiger partial charge is 0.295 e. The average molecular weight is 419 g/mol. The predicted molar refractivity (Wildman–Crippen MR) is 111 cm³/mol. The quantitative estimate of drug-likeness (QED) is 0.645. The Bertz CT molecular complexity index is 1200. The maximum Gasteiger partial charge on any atom is 0.280 e. The van der Waals surface area contributed by atoms with E-state index in [1.165, 1.54) is 37.1 Å². The van der Waals surface area contributed by atoms with E-state index in [9.17, 15) is 13.2 Å². The molecule has 3 aromatic rings. The van der Waals surface area contributed by atoms with Gasteiger partial charge in [-0.05, 0) is 37.3 Å². The van der Waals surface area contributed by atoms with Crippen molar-refractivity contribution in [3.05, 3.63) is 75.2 Å². The molecule has 0 radical (unpaired) electrons. The van der Waals surface area contributed by atoms with Gasteiger partial charge in [-0.25, -0.2) is 17.4 Å². The lowest BCUT2D eigenvalue weighted by Gasteiger charge is -2.12. The van der Waals surface area contributed by atoms with E-state index >= 15 is 0 Å². The van der Waals surface area contributed by atoms with E-state index in [1.54, 1.807) is 13.0 Å². The van der Waals surface area contributed by atoms with E-state index in [-0.39, 0.29) is 15.5 Å². The monoisotopic (exact) mass is 418 g/mol. The van der Waals surface area contributed by atoms with Crippen molar-refractivity contribution in [2.45, 2.75) is 11.8 Å². The standard InChI is InChI=1S/C19H19ClN4O3S/c1-13-16(19(25)24(22-13)15-7-5-4-6-8-15)12-21-14-9-10-17(20)18(11-14)28(26,27)23(2)3/h4-12,22H,1-3H3. The van der Waals surface area contributed by atoms with Gasteiger partial charge in [-0.1, -0.05) is 29.8 Å². The van der Waals surface area contributed by atoms with Crippen molar-refractivity contribution in [3.63, 3.8) is 0 Å². The number of benzene rings is 2. The zero-order chi connectivity index (χ0) is 20.5. The summed E-state index contributed by atoms with van der Waals surface area (Å²) in [5, 5.41) is 3.12. The smallest absolute Gasteiger partial charge is 0.280 e.